The molecule has 2 heterocycles. The zero-order valence-corrected chi connectivity index (χ0v) is 20.0. The smallest absolute Gasteiger partial charge is 0.137 e. The van der Waals surface area contributed by atoms with E-state index in [0.717, 1.165) is 24.9 Å². The number of rotatable bonds is 6. The van der Waals surface area contributed by atoms with E-state index in [4.69, 9.17) is 27.9 Å². The first-order valence-corrected chi connectivity index (χ1v) is 11.1. The van der Waals surface area contributed by atoms with Crippen LogP contribution in [0.15, 0.2) is 30.9 Å². The summed E-state index contributed by atoms with van der Waals surface area (Å²) < 4.78 is 8.43. The highest BCUT2D eigenvalue weighted by molar-refractivity contribution is 6.35. The van der Waals surface area contributed by atoms with Crippen LogP contribution in [0.4, 0.5) is 0 Å². The molecule has 31 heavy (non-hydrogen) atoms. The number of ether oxygens (including phenoxy) is 1. The first-order chi connectivity index (χ1) is 14.7. The minimum absolute atomic E-state index is 0.0331. The Morgan fingerprint density at radius 3 is 2.77 bits per heavy atom. The highest BCUT2D eigenvalue weighted by Crippen LogP contribution is 2.44. The predicted octanol–water partition coefficient (Wildman–Crippen LogP) is 4.64. The van der Waals surface area contributed by atoms with Gasteiger partial charge < -0.3 is 4.74 Å². The SMILES string of the molecule is CN(CC#CC#CC(C)(C)C)C[C@@H]1CC[C@@](Cn2cncn2)(c2ccc(Cl)cc2Cl)O1. The number of hydrogen-bond acceptors (Lipinski definition) is 4. The molecule has 0 N–H and O–H groups in total. The molecule has 1 saturated heterocycles. The second-order valence-corrected chi connectivity index (χ2v) is 9.83. The second-order valence-electron chi connectivity index (χ2n) is 8.99. The second kappa shape index (κ2) is 10.1. The van der Waals surface area contributed by atoms with Gasteiger partial charge in [0.1, 0.15) is 18.3 Å². The maximum atomic E-state index is 6.64. The maximum absolute atomic E-state index is 6.64. The van der Waals surface area contributed by atoms with Gasteiger partial charge in [-0.1, -0.05) is 41.1 Å². The van der Waals surface area contributed by atoms with Crippen LogP contribution in [0.25, 0.3) is 0 Å². The molecular formula is C24H28Cl2N4O. The van der Waals surface area contributed by atoms with Gasteiger partial charge in [-0.05, 0) is 64.6 Å². The number of nitrogens with zero attached hydrogens (tertiary/aromatic N) is 4. The molecule has 0 radical (unpaired) electrons. The topological polar surface area (TPSA) is 43.2 Å². The van der Waals surface area contributed by atoms with E-state index in [1.165, 1.54) is 6.33 Å². The Kier molecular flexibility index (Phi) is 7.68. The van der Waals surface area contributed by atoms with Crippen LogP contribution in [-0.4, -0.2) is 45.9 Å². The fourth-order valence-electron chi connectivity index (χ4n) is 3.64. The summed E-state index contributed by atoms with van der Waals surface area (Å²) in [7, 11) is 2.04. The van der Waals surface area contributed by atoms with Crippen LogP contribution in [0.2, 0.25) is 10.0 Å². The summed E-state index contributed by atoms with van der Waals surface area (Å²) in [5.74, 6) is 12.1. The number of benzene rings is 1. The summed E-state index contributed by atoms with van der Waals surface area (Å²) in [4.78, 5) is 6.22. The van der Waals surface area contributed by atoms with Crippen molar-refractivity contribution in [3.8, 4) is 23.7 Å². The van der Waals surface area contributed by atoms with Gasteiger partial charge in [-0.2, -0.15) is 5.10 Å². The lowest BCUT2D eigenvalue weighted by atomic mass is 9.90. The Balaban J connectivity index is 1.70. The van der Waals surface area contributed by atoms with E-state index in [9.17, 15) is 0 Å². The molecule has 1 fully saturated rings. The van der Waals surface area contributed by atoms with Gasteiger partial charge in [0.15, 0.2) is 0 Å². The van der Waals surface area contributed by atoms with E-state index in [0.29, 0.717) is 23.1 Å². The number of aromatic nitrogens is 3. The lowest BCUT2D eigenvalue weighted by Crippen LogP contribution is -2.36. The average Bonchev–Trinajstić information content (AvgIpc) is 3.31. The summed E-state index contributed by atoms with van der Waals surface area (Å²) >= 11 is 12.7. The van der Waals surface area contributed by atoms with E-state index in [-0.39, 0.29) is 11.5 Å². The van der Waals surface area contributed by atoms with E-state index in [1.54, 1.807) is 17.1 Å². The zero-order valence-electron chi connectivity index (χ0n) is 18.5. The van der Waals surface area contributed by atoms with Crippen molar-refractivity contribution >= 4 is 23.2 Å². The van der Waals surface area contributed by atoms with Gasteiger partial charge in [0.2, 0.25) is 0 Å². The predicted molar refractivity (Wildman–Crippen MR) is 125 cm³/mol. The number of likely N-dealkylation sites (N-methyl/N-ethyl adjacent to an activating group) is 1. The minimum Gasteiger partial charge on any atom is -0.364 e. The van der Waals surface area contributed by atoms with Gasteiger partial charge in [-0.25, -0.2) is 9.67 Å². The first kappa shape index (κ1) is 23.6. The Morgan fingerprint density at radius 2 is 2.10 bits per heavy atom. The summed E-state index contributed by atoms with van der Waals surface area (Å²) in [5, 5.41) is 5.48. The third kappa shape index (κ3) is 6.73. The van der Waals surface area contributed by atoms with Crippen LogP contribution >= 0.6 is 23.2 Å². The standard InChI is InChI=1S/C24H28Cl2N4O/c1-23(2,3)11-6-5-7-13-29(4)15-20-10-12-24(31-20,16-30-18-27-17-28-30)21-9-8-19(25)14-22(21)26/h8-9,14,17-18,20H,10,12-13,15-16H2,1-4H3/t20-,24+/m0/s1. The molecule has 2 aromatic rings. The van der Waals surface area contributed by atoms with Crippen molar-refractivity contribution in [2.24, 2.45) is 5.41 Å². The molecule has 1 aromatic carbocycles. The molecule has 1 aliphatic rings. The molecule has 0 spiro atoms. The van der Waals surface area contributed by atoms with Gasteiger partial charge in [0.05, 0.1) is 19.2 Å². The zero-order chi connectivity index (χ0) is 22.5. The minimum atomic E-state index is -0.579. The van der Waals surface area contributed by atoms with Crippen molar-refractivity contribution < 1.29 is 4.74 Å². The van der Waals surface area contributed by atoms with Gasteiger partial charge in [0, 0.05) is 27.6 Å². The van der Waals surface area contributed by atoms with Gasteiger partial charge in [0.25, 0.3) is 0 Å². The molecule has 5 nitrogen and oxygen atoms in total. The van der Waals surface area contributed by atoms with Gasteiger partial charge >= 0.3 is 0 Å². The van der Waals surface area contributed by atoms with Crippen molar-refractivity contribution in [3.05, 3.63) is 46.5 Å². The fourth-order valence-corrected chi connectivity index (χ4v) is 4.22. The monoisotopic (exact) mass is 458 g/mol. The largest absolute Gasteiger partial charge is 0.364 e. The van der Waals surface area contributed by atoms with E-state index in [2.05, 4.69) is 59.4 Å². The van der Waals surface area contributed by atoms with Crippen molar-refractivity contribution in [1.29, 1.82) is 0 Å². The van der Waals surface area contributed by atoms with Crippen molar-refractivity contribution in [2.75, 3.05) is 20.1 Å². The normalized spacial score (nSPS) is 20.8. The Labute approximate surface area is 195 Å². The summed E-state index contributed by atoms with van der Waals surface area (Å²) in [6.07, 6.45) is 5.02. The van der Waals surface area contributed by atoms with Crippen molar-refractivity contribution in [2.45, 2.75) is 51.9 Å². The highest BCUT2D eigenvalue weighted by Gasteiger charge is 2.43. The molecule has 0 aliphatic carbocycles. The van der Waals surface area contributed by atoms with E-state index >= 15 is 0 Å². The molecule has 0 bridgehead atoms. The van der Waals surface area contributed by atoms with Crippen molar-refractivity contribution in [3.63, 3.8) is 0 Å². The molecule has 164 valence electrons. The molecule has 3 rings (SSSR count). The Hall–Kier alpha value is -2.02. The van der Waals surface area contributed by atoms with E-state index < -0.39 is 5.60 Å². The summed E-state index contributed by atoms with van der Waals surface area (Å²) in [6.45, 7) is 8.16. The summed E-state index contributed by atoms with van der Waals surface area (Å²) in [6, 6.07) is 5.56. The molecule has 7 heteroatoms. The maximum Gasteiger partial charge on any atom is 0.137 e. The van der Waals surface area contributed by atoms with E-state index in [1.807, 2.05) is 19.2 Å². The number of halogens is 2. The molecule has 0 unspecified atom stereocenters. The quantitative estimate of drug-likeness (QED) is 0.591. The van der Waals surface area contributed by atoms with Crippen LogP contribution in [0, 0.1) is 29.1 Å². The third-order valence-electron chi connectivity index (χ3n) is 5.02. The van der Waals surface area contributed by atoms with Crippen LogP contribution < -0.4 is 0 Å². The Morgan fingerprint density at radius 1 is 1.29 bits per heavy atom. The van der Waals surface area contributed by atoms with Crippen LogP contribution in [0.5, 0.6) is 0 Å². The molecule has 0 saturated carbocycles. The first-order valence-electron chi connectivity index (χ1n) is 10.3. The summed E-state index contributed by atoms with van der Waals surface area (Å²) in [5.41, 5.74) is 0.316. The third-order valence-corrected chi connectivity index (χ3v) is 5.57. The lowest BCUT2D eigenvalue weighted by Gasteiger charge is -2.31. The number of hydrogen-bond donors (Lipinski definition) is 0. The Bertz CT molecular complexity index is 1010. The molecule has 1 aliphatic heterocycles. The molecule has 0 amide bonds. The van der Waals surface area contributed by atoms with Crippen LogP contribution in [0.3, 0.4) is 0 Å². The van der Waals surface area contributed by atoms with Gasteiger partial charge in [-0.3, -0.25) is 4.90 Å². The molecular weight excluding hydrogens is 431 g/mol. The fraction of sp³-hybridized carbons (Fsp3) is 0.500. The molecule has 2 atom stereocenters. The van der Waals surface area contributed by atoms with Crippen LogP contribution in [-0.2, 0) is 16.9 Å². The highest BCUT2D eigenvalue weighted by atomic mass is 35.5. The van der Waals surface area contributed by atoms with Crippen molar-refractivity contribution in [1.82, 2.24) is 19.7 Å². The molecule has 1 aromatic heterocycles. The average molecular weight is 459 g/mol. The van der Waals surface area contributed by atoms with Crippen LogP contribution in [0.1, 0.15) is 39.2 Å². The lowest BCUT2D eigenvalue weighted by molar-refractivity contribution is -0.0657. The van der Waals surface area contributed by atoms with Gasteiger partial charge in [-0.15, -0.1) is 0 Å².